The summed E-state index contributed by atoms with van der Waals surface area (Å²) in [5, 5.41) is 3.45. The van der Waals surface area contributed by atoms with E-state index in [9.17, 15) is 9.59 Å². The Labute approximate surface area is 143 Å². The van der Waals surface area contributed by atoms with Gasteiger partial charge in [-0.25, -0.2) is 0 Å². The average Bonchev–Trinajstić information content (AvgIpc) is 2.87. The molecule has 1 heterocycles. The number of ether oxygens (including phenoxy) is 2. The zero-order valence-electron chi connectivity index (χ0n) is 14.9. The molecule has 1 aromatic rings. The molecule has 0 radical (unpaired) electrons. The smallest absolute Gasteiger partial charge is 0.311 e. The summed E-state index contributed by atoms with van der Waals surface area (Å²) in [6, 6.07) is 8.06. The molecule has 132 valence electrons. The SMILES string of the molecule is CCOC(=O)CC[C@H]1Nc2ccccc2[C@@H]1COC(=O)C(C)(C)C. The lowest BCUT2D eigenvalue weighted by Gasteiger charge is -2.23. The lowest BCUT2D eigenvalue weighted by atomic mass is 9.92. The molecule has 1 aromatic carbocycles. The Morgan fingerprint density at radius 1 is 1.17 bits per heavy atom. The third kappa shape index (κ3) is 4.49. The van der Waals surface area contributed by atoms with Crippen LogP contribution in [0.1, 0.15) is 52.0 Å². The van der Waals surface area contributed by atoms with Gasteiger partial charge in [-0.2, -0.15) is 0 Å². The molecule has 0 unspecified atom stereocenters. The van der Waals surface area contributed by atoms with E-state index in [1.165, 1.54) is 0 Å². The molecule has 1 aliphatic heterocycles. The van der Waals surface area contributed by atoms with Gasteiger partial charge in [0.15, 0.2) is 0 Å². The minimum atomic E-state index is -0.522. The first-order chi connectivity index (χ1) is 11.3. The van der Waals surface area contributed by atoms with Crippen molar-refractivity contribution < 1.29 is 19.1 Å². The summed E-state index contributed by atoms with van der Waals surface area (Å²) in [5.41, 5.74) is 1.66. The van der Waals surface area contributed by atoms with Gasteiger partial charge in [0.2, 0.25) is 0 Å². The first-order valence-corrected chi connectivity index (χ1v) is 8.51. The number of para-hydroxylation sites is 1. The Balaban J connectivity index is 2.04. The normalized spacial score (nSPS) is 19.3. The highest BCUT2D eigenvalue weighted by atomic mass is 16.5. The molecule has 2 atom stereocenters. The number of nitrogens with one attached hydrogen (secondary N) is 1. The van der Waals surface area contributed by atoms with Crippen molar-refractivity contribution in [1.82, 2.24) is 0 Å². The van der Waals surface area contributed by atoms with Gasteiger partial charge in [-0.1, -0.05) is 18.2 Å². The molecule has 0 aromatic heterocycles. The molecule has 0 bridgehead atoms. The van der Waals surface area contributed by atoms with E-state index in [0.29, 0.717) is 26.1 Å². The summed E-state index contributed by atoms with van der Waals surface area (Å²) in [4.78, 5) is 23.7. The van der Waals surface area contributed by atoms with E-state index >= 15 is 0 Å². The van der Waals surface area contributed by atoms with Crippen LogP contribution in [0.4, 0.5) is 5.69 Å². The second kappa shape index (κ2) is 7.69. The van der Waals surface area contributed by atoms with Crippen molar-refractivity contribution in [1.29, 1.82) is 0 Å². The Kier molecular flexibility index (Phi) is 5.86. The molecule has 5 heteroatoms. The summed E-state index contributed by atoms with van der Waals surface area (Å²) in [6.07, 6.45) is 0.995. The Bertz CT molecular complexity index is 591. The van der Waals surface area contributed by atoms with Gasteiger partial charge in [0.25, 0.3) is 0 Å². The number of rotatable bonds is 6. The summed E-state index contributed by atoms with van der Waals surface area (Å²) in [7, 11) is 0. The van der Waals surface area contributed by atoms with Crippen LogP contribution in [0.3, 0.4) is 0 Å². The van der Waals surface area contributed by atoms with Gasteiger partial charge < -0.3 is 14.8 Å². The summed E-state index contributed by atoms with van der Waals surface area (Å²) < 4.78 is 10.5. The largest absolute Gasteiger partial charge is 0.466 e. The van der Waals surface area contributed by atoms with Crippen molar-refractivity contribution in [3.8, 4) is 0 Å². The van der Waals surface area contributed by atoms with Gasteiger partial charge in [0, 0.05) is 24.1 Å². The summed E-state index contributed by atoms with van der Waals surface area (Å²) in [6.45, 7) is 8.03. The molecule has 1 N–H and O–H groups in total. The molecule has 0 saturated carbocycles. The van der Waals surface area contributed by atoms with E-state index in [2.05, 4.69) is 5.32 Å². The third-order valence-electron chi connectivity index (χ3n) is 4.16. The second-order valence-electron chi connectivity index (χ2n) is 7.14. The van der Waals surface area contributed by atoms with Crippen LogP contribution in [0.25, 0.3) is 0 Å². The van der Waals surface area contributed by atoms with Crippen LogP contribution in [-0.4, -0.2) is 31.2 Å². The molecular formula is C19H27NO4. The second-order valence-corrected chi connectivity index (χ2v) is 7.14. The molecule has 0 saturated heterocycles. The quantitative estimate of drug-likeness (QED) is 0.807. The highest BCUT2D eigenvalue weighted by Crippen LogP contribution is 2.38. The first-order valence-electron chi connectivity index (χ1n) is 8.51. The van der Waals surface area contributed by atoms with Gasteiger partial charge in [-0.05, 0) is 45.7 Å². The van der Waals surface area contributed by atoms with E-state index in [0.717, 1.165) is 11.3 Å². The molecule has 24 heavy (non-hydrogen) atoms. The fourth-order valence-electron chi connectivity index (χ4n) is 2.84. The fourth-order valence-corrected chi connectivity index (χ4v) is 2.84. The minimum Gasteiger partial charge on any atom is -0.466 e. The molecule has 2 rings (SSSR count). The number of hydrogen-bond donors (Lipinski definition) is 1. The molecule has 0 amide bonds. The lowest BCUT2D eigenvalue weighted by Crippen LogP contribution is -2.29. The topological polar surface area (TPSA) is 64.6 Å². The van der Waals surface area contributed by atoms with E-state index in [1.54, 1.807) is 6.92 Å². The fraction of sp³-hybridized carbons (Fsp3) is 0.579. The average molecular weight is 333 g/mol. The monoisotopic (exact) mass is 333 g/mol. The van der Waals surface area contributed by atoms with Crippen LogP contribution in [0.5, 0.6) is 0 Å². The van der Waals surface area contributed by atoms with Crippen LogP contribution in [0.15, 0.2) is 24.3 Å². The third-order valence-corrected chi connectivity index (χ3v) is 4.16. The zero-order valence-corrected chi connectivity index (χ0v) is 14.9. The van der Waals surface area contributed by atoms with Gasteiger partial charge in [0.05, 0.1) is 12.0 Å². The molecule has 5 nitrogen and oxygen atoms in total. The number of fused-ring (bicyclic) bond motifs is 1. The molecule has 1 aliphatic rings. The summed E-state index contributed by atoms with van der Waals surface area (Å²) >= 11 is 0. The van der Waals surface area contributed by atoms with Crippen molar-refractivity contribution in [3.63, 3.8) is 0 Å². The molecule has 0 fully saturated rings. The number of carbonyl (C=O) groups is 2. The maximum atomic E-state index is 12.1. The van der Waals surface area contributed by atoms with Crippen molar-refractivity contribution in [2.45, 2.75) is 52.5 Å². The first kappa shape index (κ1) is 18.3. The Morgan fingerprint density at radius 2 is 1.88 bits per heavy atom. The number of benzene rings is 1. The standard InChI is InChI=1S/C19H27NO4/c1-5-23-17(21)11-10-16-14(12-24-18(22)19(2,3)4)13-8-6-7-9-15(13)20-16/h6-9,14,16,20H,5,10-12H2,1-4H3/t14-,16+/m0/s1. The number of anilines is 1. The summed E-state index contributed by atoms with van der Waals surface area (Å²) in [5.74, 6) is -0.362. The van der Waals surface area contributed by atoms with Gasteiger partial charge in [0.1, 0.15) is 6.61 Å². The van der Waals surface area contributed by atoms with Crippen molar-refractivity contribution in [2.75, 3.05) is 18.5 Å². The van der Waals surface area contributed by atoms with Crippen LogP contribution in [0.2, 0.25) is 0 Å². The highest BCUT2D eigenvalue weighted by molar-refractivity contribution is 5.75. The predicted molar refractivity (Wildman–Crippen MR) is 92.9 cm³/mol. The Morgan fingerprint density at radius 3 is 2.54 bits per heavy atom. The van der Waals surface area contributed by atoms with Crippen LogP contribution in [-0.2, 0) is 19.1 Å². The number of carbonyl (C=O) groups excluding carboxylic acids is 2. The van der Waals surface area contributed by atoms with Crippen LogP contribution >= 0.6 is 0 Å². The van der Waals surface area contributed by atoms with E-state index in [1.807, 2.05) is 45.0 Å². The number of hydrogen-bond acceptors (Lipinski definition) is 5. The lowest BCUT2D eigenvalue weighted by molar-refractivity contribution is -0.153. The highest BCUT2D eigenvalue weighted by Gasteiger charge is 2.34. The Hall–Kier alpha value is -2.04. The van der Waals surface area contributed by atoms with E-state index in [-0.39, 0.29) is 23.9 Å². The van der Waals surface area contributed by atoms with Gasteiger partial charge in [-0.3, -0.25) is 9.59 Å². The van der Waals surface area contributed by atoms with Crippen molar-refractivity contribution in [3.05, 3.63) is 29.8 Å². The van der Waals surface area contributed by atoms with Crippen LogP contribution < -0.4 is 5.32 Å². The van der Waals surface area contributed by atoms with E-state index < -0.39 is 5.41 Å². The molecule has 0 spiro atoms. The molecule has 0 aliphatic carbocycles. The zero-order chi connectivity index (χ0) is 17.7. The van der Waals surface area contributed by atoms with Crippen molar-refractivity contribution in [2.24, 2.45) is 5.41 Å². The van der Waals surface area contributed by atoms with Gasteiger partial charge in [-0.15, -0.1) is 0 Å². The van der Waals surface area contributed by atoms with Crippen molar-refractivity contribution >= 4 is 17.6 Å². The minimum absolute atomic E-state index is 0.0435. The maximum Gasteiger partial charge on any atom is 0.311 e. The predicted octanol–water partition coefficient (Wildman–Crippen LogP) is 3.50. The van der Waals surface area contributed by atoms with Gasteiger partial charge >= 0.3 is 11.9 Å². The maximum absolute atomic E-state index is 12.1. The van der Waals surface area contributed by atoms with E-state index in [4.69, 9.17) is 9.47 Å². The number of esters is 2. The molecular weight excluding hydrogens is 306 g/mol. The van der Waals surface area contributed by atoms with Crippen LogP contribution in [0, 0.1) is 5.41 Å².